The normalized spacial score (nSPS) is 19.8. The van der Waals surface area contributed by atoms with Gasteiger partial charge in [0.2, 0.25) is 5.91 Å². The van der Waals surface area contributed by atoms with Crippen LogP contribution in [0.3, 0.4) is 0 Å². The molecule has 3 aliphatic heterocycles. The second-order valence-corrected chi connectivity index (χ2v) is 17.4. The number of benzene rings is 3. The number of amides is 1. The molecule has 14 nitrogen and oxygen atoms in total. The Balaban J connectivity index is 1.14. The van der Waals surface area contributed by atoms with Crippen molar-refractivity contribution in [1.82, 2.24) is 45.4 Å². The average molecular weight is 891 g/mol. The highest BCUT2D eigenvalue weighted by atomic mass is 35.5. The van der Waals surface area contributed by atoms with Crippen LogP contribution in [0.25, 0.3) is 44.2 Å². The Morgan fingerprint density at radius 1 is 1.06 bits per heavy atom. The highest BCUT2D eigenvalue weighted by Gasteiger charge is 2.43. The number of carbonyl (C=O) groups is 1. The van der Waals surface area contributed by atoms with Gasteiger partial charge >= 0.3 is 12.2 Å². The summed E-state index contributed by atoms with van der Waals surface area (Å²) in [5, 5.41) is 18.5. The topological polar surface area (TPSA) is 148 Å². The van der Waals surface area contributed by atoms with Crippen LogP contribution in [0.2, 0.25) is 5.02 Å². The van der Waals surface area contributed by atoms with Crippen molar-refractivity contribution in [2.24, 2.45) is 5.92 Å². The fourth-order valence-corrected chi connectivity index (χ4v) is 9.31. The van der Waals surface area contributed by atoms with Crippen LogP contribution < -0.4 is 19.7 Å². The Kier molecular flexibility index (Phi) is 11.4. The summed E-state index contributed by atoms with van der Waals surface area (Å²) in [4.78, 5) is 27.0. The van der Waals surface area contributed by atoms with Gasteiger partial charge in [0.05, 0.1) is 34.6 Å². The summed E-state index contributed by atoms with van der Waals surface area (Å²) in [5.74, 6) is -1.02. The number of nitrogens with one attached hydrogen (secondary N) is 2. The van der Waals surface area contributed by atoms with Crippen LogP contribution in [-0.4, -0.2) is 104 Å². The van der Waals surface area contributed by atoms with Crippen LogP contribution >= 0.6 is 11.6 Å². The molecule has 3 fully saturated rings. The maximum Gasteiger partial charge on any atom is 0.417 e. The summed E-state index contributed by atoms with van der Waals surface area (Å²) < 4.78 is 82.1. The summed E-state index contributed by atoms with van der Waals surface area (Å²) >= 11 is 6.65. The first-order valence-corrected chi connectivity index (χ1v) is 21.4. The van der Waals surface area contributed by atoms with E-state index >= 15 is 17.6 Å². The molecule has 1 amide bonds. The first-order chi connectivity index (χ1) is 30.2. The van der Waals surface area contributed by atoms with E-state index in [2.05, 4.69) is 32.7 Å². The molecule has 0 spiro atoms. The largest absolute Gasteiger partial charge is 0.486 e. The molecular formula is C44H47ClF4N10O4. The van der Waals surface area contributed by atoms with Gasteiger partial charge in [-0.15, -0.1) is 5.10 Å². The van der Waals surface area contributed by atoms with Gasteiger partial charge in [-0.25, -0.2) is 9.07 Å². The minimum Gasteiger partial charge on any atom is -0.486 e. The zero-order chi connectivity index (χ0) is 44.3. The highest BCUT2D eigenvalue weighted by molar-refractivity contribution is 6.35. The molecule has 2 bridgehead atoms. The third-order valence-electron chi connectivity index (χ3n) is 12.4. The number of likely N-dealkylation sites (tertiary alicyclic amines) is 1. The number of halogens is 5. The molecule has 2 N–H and O–H groups in total. The number of anilines is 1. The lowest BCUT2D eigenvalue weighted by atomic mass is 9.93. The molecule has 0 aliphatic carbocycles. The van der Waals surface area contributed by atoms with Crippen molar-refractivity contribution in [3.63, 3.8) is 0 Å². The number of hydrogen-bond donors (Lipinski definition) is 2. The van der Waals surface area contributed by atoms with Gasteiger partial charge in [0.15, 0.2) is 5.75 Å². The number of piperazine rings is 1. The molecule has 63 heavy (non-hydrogen) atoms. The maximum atomic E-state index is 15.6. The number of H-pyrrole nitrogens is 1. The Morgan fingerprint density at radius 3 is 2.52 bits per heavy atom. The van der Waals surface area contributed by atoms with E-state index in [0.717, 1.165) is 31.4 Å². The molecule has 0 saturated carbocycles. The minimum absolute atomic E-state index is 0.0127. The molecule has 332 valence electrons. The van der Waals surface area contributed by atoms with Gasteiger partial charge < -0.3 is 29.3 Å². The predicted molar refractivity (Wildman–Crippen MR) is 228 cm³/mol. The molecule has 6 aromatic rings. The lowest BCUT2D eigenvalue weighted by Gasteiger charge is -2.30. The molecule has 4 unspecified atom stereocenters. The number of rotatable bonds is 13. The number of nitrogens with zero attached hydrogens (tertiary/aromatic N) is 8. The molecule has 6 heterocycles. The Morgan fingerprint density at radius 2 is 1.86 bits per heavy atom. The third kappa shape index (κ3) is 8.01. The molecule has 9 rings (SSSR count). The van der Waals surface area contributed by atoms with Crippen molar-refractivity contribution in [1.29, 1.82) is 0 Å². The first-order valence-electron chi connectivity index (χ1n) is 21.1. The number of ether oxygens (including phenoxy) is 3. The summed E-state index contributed by atoms with van der Waals surface area (Å²) in [5.41, 5.74) is 0.0791. The molecule has 3 saturated heterocycles. The molecule has 19 heteroatoms. The van der Waals surface area contributed by atoms with E-state index in [1.54, 1.807) is 42.1 Å². The summed E-state index contributed by atoms with van der Waals surface area (Å²) in [6.07, 6.45) is 0.419. The zero-order valence-electron chi connectivity index (χ0n) is 35.3. The van der Waals surface area contributed by atoms with E-state index in [4.69, 9.17) is 35.8 Å². The van der Waals surface area contributed by atoms with Crippen LogP contribution in [0.4, 0.5) is 23.4 Å². The SMILES string of the molecule is CO[C@@H](C)COc1nc(N2CC3CC2CN3)c2cc(C(F)(F)F)c(-c3c(Cl)c(F)cc4[nH]ncc34)c(OCc3ccc(-c4cn(C(C(=O)N5CCCC5C)C(C)C)nn4)cc3)c2n1. The van der Waals surface area contributed by atoms with Gasteiger partial charge in [0.25, 0.3) is 0 Å². The number of fused-ring (bicyclic) bond motifs is 4. The van der Waals surface area contributed by atoms with Gasteiger partial charge in [0, 0.05) is 78.4 Å². The average Bonchev–Trinajstić information content (AvgIpc) is 4.13. The van der Waals surface area contributed by atoms with Gasteiger partial charge in [-0.3, -0.25) is 9.89 Å². The van der Waals surface area contributed by atoms with Gasteiger partial charge in [-0.2, -0.15) is 28.2 Å². The number of alkyl halides is 3. The highest BCUT2D eigenvalue weighted by Crippen LogP contribution is 2.52. The van der Waals surface area contributed by atoms with Crippen molar-refractivity contribution in [2.75, 3.05) is 38.3 Å². The standard InChI is InChI=1S/C44H47ClF4N10O4/c1-22(2)39(42(60)57-12-6-7-23(57)3)59-19-34(55-56-59)26-10-8-25(9-11-26)21-62-40-36(35-30-17-51-54-33(30)15-32(46)37(35)45)31(44(47,48)49)14-29-38(40)52-43(63-20-24(4)61-5)53-41(29)58-18-27-13-28(58)16-50-27/h8-11,14-15,17,19,22-24,27-28,39,50H,6-7,12-13,16,18,20-21H2,1-5H3,(H,51,54)/t23?,24-,27?,28?,39?/m0/s1. The number of methoxy groups -OCH3 is 1. The van der Waals surface area contributed by atoms with Crippen LogP contribution in [0.15, 0.2) is 48.8 Å². The number of carbonyl (C=O) groups excluding carboxylic acids is 1. The zero-order valence-corrected chi connectivity index (χ0v) is 36.1. The van der Waals surface area contributed by atoms with E-state index in [9.17, 15) is 4.79 Å². The molecule has 3 aromatic heterocycles. The quantitative estimate of drug-likeness (QED) is 0.109. The fourth-order valence-electron chi connectivity index (χ4n) is 9.06. The smallest absolute Gasteiger partial charge is 0.417 e. The van der Waals surface area contributed by atoms with Crippen LogP contribution in [0, 0.1) is 11.7 Å². The summed E-state index contributed by atoms with van der Waals surface area (Å²) in [6.45, 7) is 9.47. The maximum absolute atomic E-state index is 15.6. The Hall–Kier alpha value is -5.59. The second kappa shape index (κ2) is 16.8. The Labute approximate surface area is 365 Å². The van der Waals surface area contributed by atoms with Crippen molar-refractivity contribution in [2.45, 2.75) is 90.0 Å². The minimum atomic E-state index is -4.98. The number of aromatic amines is 1. The Bertz CT molecular complexity index is 2670. The molecular weight excluding hydrogens is 844 g/mol. The molecule has 3 aromatic carbocycles. The molecule has 3 aliphatic rings. The lowest BCUT2D eigenvalue weighted by molar-refractivity contribution is -0.137. The van der Waals surface area contributed by atoms with Crippen LogP contribution in [0.1, 0.15) is 64.1 Å². The van der Waals surface area contributed by atoms with Crippen molar-refractivity contribution in [3.05, 3.63) is 70.8 Å². The lowest BCUT2D eigenvalue weighted by Crippen LogP contribution is -2.44. The van der Waals surface area contributed by atoms with E-state index < -0.39 is 34.2 Å². The number of aromatic nitrogens is 7. The van der Waals surface area contributed by atoms with Crippen molar-refractivity contribution < 1.29 is 36.6 Å². The van der Waals surface area contributed by atoms with Crippen LogP contribution in [-0.2, 0) is 22.3 Å². The van der Waals surface area contributed by atoms with Gasteiger partial charge in [-0.1, -0.05) is 54.9 Å². The molecule has 0 radical (unpaired) electrons. The predicted octanol–water partition coefficient (Wildman–Crippen LogP) is 7.99. The summed E-state index contributed by atoms with van der Waals surface area (Å²) in [6, 6.07) is 8.82. The fraction of sp³-hybridized carbons (Fsp3) is 0.455. The molecule has 5 atom stereocenters. The van der Waals surface area contributed by atoms with E-state index in [0.29, 0.717) is 36.5 Å². The van der Waals surface area contributed by atoms with E-state index in [1.807, 2.05) is 23.6 Å². The van der Waals surface area contributed by atoms with Gasteiger partial charge in [0.1, 0.15) is 42.1 Å². The first kappa shape index (κ1) is 42.7. The van der Waals surface area contributed by atoms with Crippen LogP contribution in [0.5, 0.6) is 11.8 Å². The van der Waals surface area contributed by atoms with E-state index in [-0.39, 0.29) is 94.2 Å². The van der Waals surface area contributed by atoms with Crippen molar-refractivity contribution >= 4 is 45.1 Å². The summed E-state index contributed by atoms with van der Waals surface area (Å²) in [7, 11) is 1.53. The van der Waals surface area contributed by atoms with Gasteiger partial charge in [-0.05, 0) is 50.7 Å². The van der Waals surface area contributed by atoms with E-state index in [1.165, 1.54) is 13.3 Å². The second-order valence-electron chi connectivity index (χ2n) is 17.0. The number of hydrogen-bond acceptors (Lipinski definition) is 11. The third-order valence-corrected chi connectivity index (χ3v) is 12.8. The van der Waals surface area contributed by atoms with Crippen molar-refractivity contribution in [3.8, 4) is 34.1 Å². The monoisotopic (exact) mass is 890 g/mol.